The average molecular weight is 411 g/mol. The van der Waals surface area contributed by atoms with Crippen LogP contribution in [0.3, 0.4) is 0 Å². The van der Waals surface area contributed by atoms with Gasteiger partial charge in [-0.2, -0.15) is 0 Å². The zero-order chi connectivity index (χ0) is 18.2. The number of rotatable bonds is 1. The third kappa shape index (κ3) is 2.19. The number of carbonyl (C=O) groups excluding carboxylic acids is 2. The van der Waals surface area contributed by atoms with E-state index in [1.54, 1.807) is 6.92 Å². The van der Waals surface area contributed by atoms with Crippen molar-refractivity contribution in [1.29, 1.82) is 0 Å². The van der Waals surface area contributed by atoms with E-state index in [0.717, 1.165) is 51.4 Å². The summed E-state index contributed by atoms with van der Waals surface area (Å²) < 4.78 is 0. The summed E-state index contributed by atoms with van der Waals surface area (Å²) in [4.78, 5) is 24.3. The van der Waals surface area contributed by atoms with E-state index in [2.05, 4.69) is 29.8 Å². The smallest absolute Gasteiger partial charge is 0.163 e. The molecule has 8 atom stereocenters. The number of alkyl halides is 1. The molecule has 4 fully saturated rings. The van der Waals surface area contributed by atoms with Crippen molar-refractivity contribution in [2.75, 3.05) is 0 Å². The number of hydrogen-bond donors (Lipinski definition) is 1. The molecule has 0 unspecified atom stereocenters. The molecule has 1 N–H and O–H groups in total. The maximum Gasteiger partial charge on any atom is 0.163 e. The van der Waals surface area contributed by atoms with E-state index >= 15 is 0 Å². The maximum absolute atomic E-state index is 12.4. The quantitative estimate of drug-likeness (QED) is 0.655. The number of ketones is 2. The molecular weight excluding hydrogens is 380 g/mol. The molecule has 140 valence electrons. The van der Waals surface area contributed by atoms with Crippen LogP contribution in [0.5, 0.6) is 0 Å². The number of aliphatic hydroxyl groups is 1. The zero-order valence-corrected chi connectivity index (χ0v) is 17.3. The Labute approximate surface area is 159 Å². The molecule has 4 heteroatoms. The van der Waals surface area contributed by atoms with Crippen molar-refractivity contribution in [2.45, 2.75) is 82.6 Å². The molecule has 4 rings (SSSR count). The normalized spacial score (nSPS) is 55.2. The molecular formula is C21H31BrO3. The van der Waals surface area contributed by atoms with E-state index in [9.17, 15) is 14.7 Å². The second-order valence-electron chi connectivity index (χ2n) is 9.88. The van der Waals surface area contributed by atoms with E-state index in [0.29, 0.717) is 29.5 Å². The number of carbonyl (C=O) groups is 2. The largest absolute Gasteiger partial charge is 0.380 e. The molecule has 0 aliphatic heterocycles. The Morgan fingerprint density at radius 2 is 1.88 bits per heavy atom. The molecule has 0 radical (unpaired) electrons. The van der Waals surface area contributed by atoms with Gasteiger partial charge in [-0.05, 0) is 74.5 Å². The first-order valence-electron chi connectivity index (χ1n) is 10.0. The Hall–Kier alpha value is -0.220. The number of hydrogen-bond acceptors (Lipinski definition) is 3. The summed E-state index contributed by atoms with van der Waals surface area (Å²) >= 11 is 3.68. The lowest BCUT2D eigenvalue weighted by Gasteiger charge is -2.60. The lowest BCUT2D eigenvalue weighted by atomic mass is 9.44. The summed E-state index contributed by atoms with van der Waals surface area (Å²) in [5.41, 5.74) is -1.28. The highest BCUT2D eigenvalue weighted by Gasteiger charge is 2.69. The first-order valence-corrected chi connectivity index (χ1v) is 11.0. The third-order valence-electron chi connectivity index (χ3n) is 9.19. The molecule has 0 spiro atoms. The van der Waals surface area contributed by atoms with Gasteiger partial charge in [-0.15, -0.1) is 0 Å². The molecule has 0 bridgehead atoms. The first kappa shape index (κ1) is 18.2. The summed E-state index contributed by atoms with van der Waals surface area (Å²) in [5.74, 6) is 2.55. The van der Waals surface area contributed by atoms with Gasteiger partial charge in [0.2, 0.25) is 0 Å². The fraction of sp³-hybridized carbons (Fsp3) is 0.905. The predicted octanol–water partition coefficient (Wildman–Crippen LogP) is 4.29. The van der Waals surface area contributed by atoms with Crippen LogP contribution in [0.25, 0.3) is 0 Å². The summed E-state index contributed by atoms with van der Waals surface area (Å²) in [6.07, 6.45) is 7.77. The van der Waals surface area contributed by atoms with Gasteiger partial charge < -0.3 is 5.11 Å². The second kappa shape index (κ2) is 5.64. The summed E-state index contributed by atoms with van der Waals surface area (Å²) in [6, 6.07) is 0. The van der Waals surface area contributed by atoms with Crippen molar-refractivity contribution in [2.24, 2.45) is 34.5 Å². The Bertz CT molecular complexity index is 618. The highest BCUT2D eigenvalue weighted by Crippen LogP contribution is 2.68. The fourth-order valence-electron chi connectivity index (χ4n) is 7.65. The van der Waals surface area contributed by atoms with Crippen molar-refractivity contribution in [3.8, 4) is 0 Å². The number of halogens is 1. The minimum atomic E-state index is -1.23. The van der Waals surface area contributed by atoms with Crippen LogP contribution in [-0.2, 0) is 9.59 Å². The zero-order valence-electron chi connectivity index (χ0n) is 15.7. The minimum absolute atomic E-state index is 0.0824. The topological polar surface area (TPSA) is 54.4 Å². The Kier molecular flexibility index (Phi) is 4.10. The van der Waals surface area contributed by atoms with E-state index in [-0.39, 0.29) is 21.4 Å². The molecule has 0 aromatic carbocycles. The third-order valence-corrected chi connectivity index (χ3v) is 10.2. The first-order chi connectivity index (χ1) is 11.6. The maximum atomic E-state index is 12.4. The summed E-state index contributed by atoms with van der Waals surface area (Å²) in [7, 11) is 0. The lowest BCUT2D eigenvalue weighted by molar-refractivity contribution is -0.168. The van der Waals surface area contributed by atoms with Crippen LogP contribution in [0, 0.1) is 34.5 Å². The molecule has 0 heterocycles. The van der Waals surface area contributed by atoms with Crippen molar-refractivity contribution < 1.29 is 14.7 Å². The predicted molar refractivity (Wildman–Crippen MR) is 100 cm³/mol. The molecule has 3 nitrogen and oxygen atoms in total. The highest BCUT2D eigenvalue weighted by molar-refractivity contribution is 9.09. The fourth-order valence-corrected chi connectivity index (χ4v) is 8.90. The van der Waals surface area contributed by atoms with Crippen LogP contribution in [0.15, 0.2) is 0 Å². The van der Waals surface area contributed by atoms with Gasteiger partial charge in [0.25, 0.3) is 0 Å². The van der Waals surface area contributed by atoms with Crippen molar-refractivity contribution in [3.05, 3.63) is 0 Å². The van der Waals surface area contributed by atoms with Gasteiger partial charge >= 0.3 is 0 Å². The molecule has 4 aliphatic rings. The van der Waals surface area contributed by atoms with E-state index in [1.165, 1.54) is 0 Å². The molecule has 4 aliphatic carbocycles. The standard InChI is InChI=1S/C21H31BrO3/c1-12(23)21(25)18(22)11-17-15-5-4-13-10-14(24)6-8-19(13,2)16(15)7-9-20(17,21)3/h13,15-18,25H,4-11H2,1-3H3/t13-,15-,16-,17+,18-,19-,20-,21-/m0/s1. The Morgan fingerprint density at radius 3 is 2.56 bits per heavy atom. The average Bonchev–Trinajstić information content (AvgIpc) is 2.77. The molecule has 4 saturated carbocycles. The van der Waals surface area contributed by atoms with Gasteiger partial charge in [0.05, 0.1) is 4.83 Å². The molecule has 25 heavy (non-hydrogen) atoms. The lowest BCUT2D eigenvalue weighted by Crippen LogP contribution is -2.59. The van der Waals surface area contributed by atoms with Gasteiger partial charge in [0.15, 0.2) is 5.78 Å². The van der Waals surface area contributed by atoms with Crippen LogP contribution in [-0.4, -0.2) is 27.1 Å². The monoisotopic (exact) mass is 410 g/mol. The molecule has 0 aromatic rings. The van der Waals surface area contributed by atoms with Gasteiger partial charge in [-0.3, -0.25) is 9.59 Å². The summed E-state index contributed by atoms with van der Waals surface area (Å²) in [5, 5.41) is 11.4. The summed E-state index contributed by atoms with van der Waals surface area (Å²) in [6.45, 7) is 6.15. The van der Waals surface area contributed by atoms with Crippen LogP contribution in [0.1, 0.15) is 72.1 Å². The van der Waals surface area contributed by atoms with Crippen LogP contribution < -0.4 is 0 Å². The van der Waals surface area contributed by atoms with Gasteiger partial charge in [-0.25, -0.2) is 0 Å². The van der Waals surface area contributed by atoms with E-state index < -0.39 is 5.60 Å². The molecule has 0 amide bonds. The van der Waals surface area contributed by atoms with Gasteiger partial charge in [0, 0.05) is 18.3 Å². The van der Waals surface area contributed by atoms with Crippen LogP contribution in [0.4, 0.5) is 0 Å². The molecule has 0 aromatic heterocycles. The highest BCUT2D eigenvalue weighted by atomic mass is 79.9. The number of Topliss-reactive ketones (excluding diaryl/α,β-unsaturated/α-hetero) is 2. The van der Waals surface area contributed by atoms with Crippen molar-refractivity contribution in [3.63, 3.8) is 0 Å². The van der Waals surface area contributed by atoms with Crippen LogP contribution in [0.2, 0.25) is 0 Å². The van der Waals surface area contributed by atoms with Crippen molar-refractivity contribution >= 4 is 27.5 Å². The van der Waals surface area contributed by atoms with E-state index in [4.69, 9.17) is 0 Å². The molecule has 0 saturated heterocycles. The Balaban J connectivity index is 1.68. The van der Waals surface area contributed by atoms with E-state index in [1.807, 2.05) is 0 Å². The minimum Gasteiger partial charge on any atom is -0.380 e. The van der Waals surface area contributed by atoms with Gasteiger partial charge in [-0.1, -0.05) is 29.8 Å². The second-order valence-corrected chi connectivity index (χ2v) is 11.0. The SMILES string of the molecule is CC(=O)[C@]1(O)[C@@H](Br)C[C@@H]2[C@H]3CC[C@H]4CC(=O)CC[C@]4(C)[C@H]3CC[C@@]21C. The Morgan fingerprint density at radius 1 is 1.16 bits per heavy atom. The number of fused-ring (bicyclic) bond motifs is 5. The van der Waals surface area contributed by atoms with Crippen LogP contribution >= 0.6 is 15.9 Å². The van der Waals surface area contributed by atoms with Crippen molar-refractivity contribution in [1.82, 2.24) is 0 Å². The van der Waals surface area contributed by atoms with Gasteiger partial charge in [0.1, 0.15) is 11.4 Å².